The molecule has 0 fully saturated rings. The van der Waals surface area contributed by atoms with E-state index in [9.17, 15) is 4.79 Å². The molecule has 0 atom stereocenters. The van der Waals surface area contributed by atoms with Gasteiger partial charge in [0.2, 0.25) is 0 Å². The van der Waals surface area contributed by atoms with Crippen molar-refractivity contribution >= 4 is 17.7 Å². The van der Waals surface area contributed by atoms with E-state index < -0.39 is 5.97 Å². The summed E-state index contributed by atoms with van der Waals surface area (Å²) < 4.78 is 0. The minimum atomic E-state index is -0.868. The van der Waals surface area contributed by atoms with Crippen molar-refractivity contribution in [1.82, 2.24) is 0 Å². The smallest absolute Gasteiger partial charge is 0.307 e. The van der Waals surface area contributed by atoms with Crippen LogP contribution in [0.25, 0.3) is 0 Å². The van der Waals surface area contributed by atoms with Crippen LogP contribution in [0.2, 0.25) is 0 Å². The molecule has 0 heterocycles. The van der Waals surface area contributed by atoms with E-state index >= 15 is 0 Å². The first-order chi connectivity index (χ1) is 7.17. The molecule has 0 saturated carbocycles. The van der Waals surface area contributed by atoms with Crippen molar-refractivity contribution in [1.29, 1.82) is 5.26 Å². The Hall–Kier alpha value is -1.47. The number of benzene rings is 1. The van der Waals surface area contributed by atoms with E-state index in [1.54, 1.807) is 11.8 Å². The van der Waals surface area contributed by atoms with Gasteiger partial charge in [-0.15, -0.1) is 11.8 Å². The first-order valence-electron chi connectivity index (χ1n) is 4.42. The van der Waals surface area contributed by atoms with Gasteiger partial charge in [-0.2, -0.15) is 5.26 Å². The summed E-state index contributed by atoms with van der Waals surface area (Å²) in [6.07, 6.45) is 2.17. The zero-order valence-electron chi connectivity index (χ0n) is 8.36. The van der Waals surface area contributed by atoms with Crippen LogP contribution in [-0.4, -0.2) is 17.3 Å². The second kappa shape index (κ2) is 5.42. The van der Waals surface area contributed by atoms with E-state index in [1.807, 2.05) is 30.5 Å². The third-order valence-corrected chi connectivity index (χ3v) is 2.75. The summed E-state index contributed by atoms with van der Waals surface area (Å²) in [6, 6.07) is 7.61. The number of rotatable bonds is 4. The molecule has 1 N–H and O–H groups in total. The van der Waals surface area contributed by atoms with Crippen molar-refractivity contribution in [3.8, 4) is 6.07 Å². The van der Waals surface area contributed by atoms with Crippen molar-refractivity contribution in [3.05, 3.63) is 29.3 Å². The van der Waals surface area contributed by atoms with Gasteiger partial charge in [0, 0.05) is 4.90 Å². The van der Waals surface area contributed by atoms with Crippen LogP contribution in [0.15, 0.2) is 23.1 Å². The number of nitrogens with zero attached hydrogens (tertiary/aromatic N) is 1. The fourth-order valence-corrected chi connectivity index (χ4v) is 1.78. The van der Waals surface area contributed by atoms with Gasteiger partial charge in [-0.05, 0) is 29.5 Å². The lowest BCUT2D eigenvalue weighted by molar-refractivity contribution is -0.136. The molecule has 0 aliphatic rings. The second-order valence-corrected chi connectivity index (χ2v) is 3.92. The SMILES string of the molecule is CSc1ccc(CC#N)c(CC(=O)O)c1. The van der Waals surface area contributed by atoms with Gasteiger partial charge in [0.1, 0.15) is 0 Å². The zero-order chi connectivity index (χ0) is 11.3. The third kappa shape index (κ3) is 3.30. The molecule has 1 aromatic carbocycles. The van der Waals surface area contributed by atoms with Crippen molar-refractivity contribution in [2.24, 2.45) is 0 Å². The standard InChI is InChI=1S/C11H11NO2S/c1-15-10-3-2-8(4-5-12)9(6-10)7-11(13)14/h2-3,6H,4,7H2,1H3,(H,13,14). The quantitative estimate of drug-likeness (QED) is 0.791. The summed E-state index contributed by atoms with van der Waals surface area (Å²) >= 11 is 1.56. The average molecular weight is 221 g/mol. The molecule has 0 aliphatic heterocycles. The Bertz CT molecular complexity index is 410. The van der Waals surface area contributed by atoms with Gasteiger partial charge in [0.15, 0.2) is 0 Å². The molecule has 4 heteroatoms. The lowest BCUT2D eigenvalue weighted by atomic mass is 10.0. The highest BCUT2D eigenvalue weighted by atomic mass is 32.2. The Morgan fingerprint density at radius 1 is 1.53 bits per heavy atom. The Morgan fingerprint density at radius 3 is 2.80 bits per heavy atom. The summed E-state index contributed by atoms with van der Waals surface area (Å²) in [5.74, 6) is -0.868. The maximum absolute atomic E-state index is 10.6. The van der Waals surface area contributed by atoms with E-state index in [-0.39, 0.29) is 12.8 Å². The topological polar surface area (TPSA) is 61.1 Å². The number of hydrogen-bond donors (Lipinski definition) is 1. The molecule has 1 aromatic rings. The van der Waals surface area contributed by atoms with Gasteiger partial charge < -0.3 is 5.11 Å². The number of thioether (sulfide) groups is 1. The fourth-order valence-electron chi connectivity index (χ4n) is 1.31. The van der Waals surface area contributed by atoms with E-state index in [0.29, 0.717) is 0 Å². The number of carboxylic acid groups (broad SMARTS) is 1. The first-order valence-corrected chi connectivity index (χ1v) is 5.64. The van der Waals surface area contributed by atoms with E-state index in [4.69, 9.17) is 10.4 Å². The summed E-state index contributed by atoms with van der Waals surface area (Å²) in [5, 5.41) is 17.3. The van der Waals surface area contributed by atoms with Crippen LogP contribution in [0.5, 0.6) is 0 Å². The monoisotopic (exact) mass is 221 g/mol. The summed E-state index contributed by atoms with van der Waals surface area (Å²) in [4.78, 5) is 11.7. The van der Waals surface area contributed by atoms with Crippen LogP contribution in [0.3, 0.4) is 0 Å². The van der Waals surface area contributed by atoms with Gasteiger partial charge in [-0.25, -0.2) is 0 Å². The van der Waals surface area contributed by atoms with Gasteiger partial charge in [0.05, 0.1) is 18.9 Å². The zero-order valence-corrected chi connectivity index (χ0v) is 9.17. The number of carboxylic acids is 1. The molecule has 15 heavy (non-hydrogen) atoms. The number of nitriles is 1. The maximum Gasteiger partial charge on any atom is 0.307 e. The summed E-state index contributed by atoms with van der Waals surface area (Å²) in [6.45, 7) is 0. The third-order valence-electron chi connectivity index (χ3n) is 2.02. The van der Waals surface area contributed by atoms with E-state index in [2.05, 4.69) is 0 Å². The highest BCUT2D eigenvalue weighted by molar-refractivity contribution is 7.98. The van der Waals surface area contributed by atoms with Gasteiger partial charge in [0.25, 0.3) is 0 Å². The average Bonchev–Trinajstić information content (AvgIpc) is 2.20. The minimum absolute atomic E-state index is 0.0224. The van der Waals surface area contributed by atoms with E-state index in [0.717, 1.165) is 16.0 Å². The minimum Gasteiger partial charge on any atom is -0.481 e. The van der Waals surface area contributed by atoms with Crippen molar-refractivity contribution in [2.45, 2.75) is 17.7 Å². The van der Waals surface area contributed by atoms with Crippen LogP contribution in [0, 0.1) is 11.3 Å². The molecular weight excluding hydrogens is 210 g/mol. The van der Waals surface area contributed by atoms with Crippen LogP contribution < -0.4 is 0 Å². The van der Waals surface area contributed by atoms with Gasteiger partial charge >= 0.3 is 5.97 Å². The second-order valence-electron chi connectivity index (χ2n) is 3.04. The number of hydrogen-bond acceptors (Lipinski definition) is 3. The largest absolute Gasteiger partial charge is 0.481 e. The molecule has 0 unspecified atom stereocenters. The van der Waals surface area contributed by atoms with Gasteiger partial charge in [-0.3, -0.25) is 4.79 Å². The summed E-state index contributed by atoms with van der Waals surface area (Å²) in [7, 11) is 0. The highest BCUT2D eigenvalue weighted by Gasteiger charge is 2.07. The molecular formula is C11H11NO2S. The number of carbonyl (C=O) groups is 1. The normalized spacial score (nSPS) is 9.60. The van der Waals surface area contributed by atoms with E-state index in [1.165, 1.54) is 0 Å². The molecule has 0 aliphatic carbocycles. The maximum atomic E-state index is 10.6. The fraction of sp³-hybridized carbons (Fsp3) is 0.273. The molecule has 0 aromatic heterocycles. The first kappa shape index (κ1) is 11.6. The van der Waals surface area contributed by atoms with Crippen molar-refractivity contribution in [3.63, 3.8) is 0 Å². The van der Waals surface area contributed by atoms with Crippen LogP contribution in [-0.2, 0) is 17.6 Å². The van der Waals surface area contributed by atoms with Crippen LogP contribution in [0.4, 0.5) is 0 Å². The van der Waals surface area contributed by atoms with Gasteiger partial charge in [-0.1, -0.05) is 6.07 Å². The molecule has 0 bridgehead atoms. The molecule has 0 saturated heterocycles. The summed E-state index contributed by atoms with van der Waals surface area (Å²) in [5.41, 5.74) is 1.54. The van der Waals surface area contributed by atoms with Crippen molar-refractivity contribution < 1.29 is 9.90 Å². The van der Waals surface area contributed by atoms with Crippen molar-refractivity contribution in [2.75, 3.05) is 6.26 Å². The molecule has 0 spiro atoms. The predicted molar refractivity (Wildman–Crippen MR) is 58.9 cm³/mol. The Morgan fingerprint density at radius 2 is 2.27 bits per heavy atom. The number of aliphatic carboxylic acids is 1. The Kier molecular flexibility index (Phi) is 4.19. The Balaban J connectivity index is 3.05. The molecule has 3 nitrogen and oxygen atoms in total. The predicted octanol–water partition coefficient (Wildman–Crippen LogP) is 2.10. The molecule has 78 valence electrons. The Labute approximate surface area is 92.7 Å². The molecule has 1 rings (SSSR count). The molecule has 0 radical (unpaired) electrons. The molecule has 0 amide bonds. The highest BCUT2D eigenvalue weighted by Crippen LogP contribution is 2.20. The van der Waals surface area contributed by atoms with Crippen LogP contribution in [0.1, 0.15) is 11.1 Å². The lowest BCUT2D eigenvalue weighted by Crippen LogP contribution is -2.03. The van der Waals surface area contributed by atoms with Crippen LogP contribution >= 0.6 is 11.8 Å². The lowest BCUT2D eigenvalue weighted by Gasteiger charge is -2.06.